The van der Waals surface area contributed by atoms with Crippen LogP contribution in [0.4, 0.5) is 14.9 Å². The summed E-state index contributed by atoms with van der Waals surface area (Å²) in [5.41, 5.74) is 3.77. The number of para-hydroxylation sites is 1. The van der Waals surface area contributed by atoms with Crippen molar-refractivity contribution >= 4 is 41.0 Å². The van der Waals surface area contributed by atoms with Crippen molar-refractivity contribution in [2.75, 3.05) is 38.8 Å². The number of benzene rings is 4. The Balaban J connectivity index is 1.10. The van der Waals surface area contributed by atoms with Crippen molar-refractivity contribution in [3.63, 3.8) is 0 Å². The van der Waals surface area contributed by atoms with Gasteiger partial charge in [-0.2, -0.15) is 4.73 Å². The van der Waals surface area contributed by atoms with Gasteiger partial charge in [0.2, 0.25) is 0 Å². The number of carbonyl (C=O) groups is 2. The molecule has 5 aromatic rings. The molecule has 2 bridgehead atoms. The summed E-state index contributed by atoms with van der Waals surface area (Å²) < 4.78 is 38.6. The molecule has 1 aromatic heterocycles. The minimum Gasteiger partial charge on any atom is -0.619 e. The molecule has 10 nitrogen and oxygen atoms in total. The molecule has 0 N–H and O–H groups in total. The minimum atomic E-state index is -0.877. The van der Waals surface area contributed by atoms with E-state index in [-0.39, 0.29) is 34.8 Å². The van der Waals surface area contributed by atoms with Gasteiger partial charge >= 0.3 is 12.1 Å². The molecule has 1 amide bonds. The van der Waals surface area contributed by atoms with E-state index in [1.165, 1.54) is 37.6 Å². The van der Waals surface area contributed by atoms with Gasteiger partial charge in [0.05, 0.1) is 32.0 Å². The largest absolute Gasteiger partial charge is 0.619 e. The number of pyridine rings is 1. The Hall–Kier alpha value is -5.36. The van der Waals surface area contributed by atoms with E-state index in [0.717, 1.165) is 42.6 Å². The lowest BCUT2D eigenvalue weighted by Crippen LogP contribution is -2.53. The number of halogens is 3. The van der Waals surface area contributed by atoms with Gasteiger partial charge in [-0.25, -0.2) is 14.0 Å². The molecule has 3 aliphatic heterocycles. The normalized spacial score (nSPS) is 17.8. The summed E-state index contributed by atoms with van der Waals surface area (Å²) in [6, 6.07) is 25.8. The van der Waals surface area contributed by atoms with Crippen molar-refractivity contribution < 1.29 is 37.7 Å². The Labute approximate surface area is 334 Å². The molecule has 3 aliphatic rings. The van der Waals surface area contributed by atoms with Crippen LogP contribution in [0.3, 0.4) is 0 Å². The second-order valence-electron chi connectivity index (χ2n) is 13.9. The summed E-state index contributed by atoms with van der Waals surface area (Å²) in [5, 5.41) is 12.2. The molecule has 4 aromatic carbocycles. The van der Waals surface area contributed by atoms with E-state index in [1.807, 2.05) is 30.3 Å². The van der Waals surface area contributed by atoms with E-state index in [4.69, 9.17) is 42.1 Å². The van der Waals surface area contributed by atoms with Gasteiger partial charge in [0.25, 0.3) is 0 Å². The molecule has 56 heavy (non-hydrogen) atoms. The standard InChI is InChI=1S/C43H40Cl2FN3O7/c1-53-38-15-14-31(21-40(38)54-2)39(22-33-34(44)24-48(52)25-35(33)45)55-42(50)32-7-5-6-30(20-32)28-12-10-27(11-13-28)23-49(37-9-4-3-8-36(37)46)43(51)56-41-26-47-18-16-29(41)17-19-47/h3-15,20-21,24-25,29,39,41H,16-19,22-23,26H2,1-2H3/t39?,41-/m0/s1. The molecule has 0 radical (unpaired) electrons. The zero-order valence-corrected chi connectivity index (χ0v) is 32.3. The number of aromatic nitrogens is 1. The highest BCUT2D eigenvalue weighted by Crippen LogP contribution is 2.36. The highest BCUT2D eigenvalue weighted by molar-refractivity contribution is 6.35. The SMILES string of the molecule is COc1ccc(C(Cc2c(Cl)c[n+]([O-])cc2Cl)OC(=O)c2cccc(-c3ccc(CN(C(=O)O[C@H]4CN5CCC4CC5)c4ccccc4F)cc3)c2)cc1OC. The van der Waals surface area contributed by atoms with Crippen LogP contribution >= 0.6 is 23.2 Å². The van der Waals surface area contributed by atoms with Crippen LogP contribution < -0.4 is 19.1 Å². The zero-order valence-electron chi connectivity index (χ0n) is 30.8. The number of ether oxygens (including phenoxy) is 4. The van der Waals surface area contributed by atoms with Crippen molar-refractivity contribution in [1.29, 1.82) is 0 Å². The first-order chi connectivity index (χ1) is 27.1. The predicted octanol–water partition coefficient (Wildman–Crippen LogP) is 8.83. The number of fused-ring (bicyclic) bond motifs is 3. The third-order valence-corrected chi connectivity index (χ3v) is 11.1. The fourth-order valence-corrected chi connectivity index (χ4v) is 7.95. The maximum Gasteiger partial charge on any atom is 0.415 e. The number of hydrogen-bond donors (Lipinski definition) is 0. The van der Waals surface area contributed by atoms with Gasteiger partial charge in [-0.05, 0) is 90.5 Å². The van der Waals surface area contributed by atoms with E-state index in [1.54, 1.807) is 54.6 Å². The van der Waals surface area contributed by atoms with Gasteiger partial charge in [0.1, 0.15) is 28.1 Å². The molecule has 2 atom stereocenters. The molecule has 3 fully saturated rings. The fraction of sp³-hybridized carbons (Fsp3) is 0.279. The van der Waals surface area contributed by atoms with E-state index in [0.29, 0.717) is 45.4 Å². The topological polar surface area (TPSA) is 104 Å². The van der Waals surface area contributed by atoms with Crippen LogP contribution in [0, 0.1) is 16.9 Å². The number of esters is 1. The number of methoxy groups -OCH3 is 2. The lowest BCUT2D eigenvalue weighted by Gasteiger charge is -2.44. The summed E-state index contributed by atoms with van der Waals surface area (Å²) in [5.74, 6) is 0.114. The second-order valence-corrected chi connectivity index (χ2v) is 14.7. The van der Waals surface area contributed by atoms with Crippen LogP contribution in [0.25, 0.3) is 11.1 Å². The molecular weight excluding hydrogens is 760 g/mol. The average Bonchev–Trinajstić information content (AvgIpc) is 3.21. The number of amides is 1. The summed E-state index contributed by atoms with van der Waals surface area (Å²) in [6.45, 7) is 2.80. The van der Waals surface area contributed by atoms with Gasteiger partial charge in [-0.15, -0.1) is 0 Å². The van der Waals surface area contributed by atoms with Gasteiger partial charge in [-0.1, -0.05) is 77.8 Å². The molecule has 4 heterocycles. The van der Waals surface area contributed by atoms with Crippen molar-refractivity contribution in [3.8, 4) is 22.6 Å². The summed E-state index contributed by atoms with van der Waals surface area (Å²) >= 11 is 12.8. The van der Waals surface area contributed by atoms with Crippen molar-refractivity contribution in [2.45, 2.75) is 38.0 Å². The average molecular weight is 801 g/mol. The fourth-order valence-electron chi connectivity index (χ4n) is 7.36. The second kappa shape index (κ2) is 17.2. The molecule has 1 unspecified atom stereocenters. The first-order valence-corrected chi connectivity index (χ1v) is 19.0. The maximum atomic E-state index is 15.1. The predicted molar refractivity (Wildman–Crippen MR) is 211 cm³/mol. The lowest BCUT2D eigenvalue weighted by molar-refractivity contribution is -0.605. The van der Waals surface area contributed by atoms with Gasteiger partial charge in [-0.3, -0.25) is 9.80 Å². The number of carbonyl (C=O) groups excluding carboxylic acids is 2. The minimum absolute atomic E-state index is 0.0675. The first-order valence-electron chi connectivity index (χ1n) is 18.2. The van der Waals surface area contributed by atoms with Gasteiger partial charge in [0, 0.05) is 18.5 Å². The molecule has 290 valence electrons. The molecule has 3 saturated heterocycles. The number of anilines is 1. The summed E-state index contributed by atoms with van der Waals surface area (Å²) in [6.07, 6.45) is 2.72. The molecule has 13 heteroatoms. The Morgan fingerprint density at radius 1 is 0.893 bits per heavy atom. The highest BCUT2D eigenvalue weighted by Gasteiger charge is 2.38. The summed E-state index contributed by atoms with van der Waals surface area (Å²) in [7, 11) is 3.03. The van der Waals surface area contributed by atoms with Crippen LogP contribution in [0.1, 0.15) is 46.0 Å². The van der Waals surface area contributed by atoms with E-state index in [2.05, 4.69) is 4.90 Å². The summed E-state index contributed by atoms with van der Waals surface area (Å²) in [4.78, 5) is 31.1. The Kier molecular flexibility index (Phi) is 11.9. The molecular formula is C43H40Cl2FN3O7. The first kappa shape index (κ1) is 38.9. The smallest absolute Gasteiger partial charge is 0.415 e. The van der Waals surface area contributed by atoms with E-state index < -0.39 is 24.0 Å². The maximum absolute atomic E-state index is 15.1. The van der Waals surface area contributed by atoms with Crippen molar-refractivity contribution in [3.05, 3.63) is 147 Å². The third kappa shape index (κ3) is 8.70. The van der Waals surface area contributed by atoms with Crippen molar-refractivity contribution in [1.82, 2.24) is 4.90 Å². The van der Waals surface area contributed by atoms with E-state index >= 15 is 4.39 Å². The van der Waals surface area contributed by atoms with Crippen LogP contribution in [-0.2, 0) is 22.4 Å². The Morgan fingerprint density at radius 2 is 1.61 bits per heavy atom. The quantitative estimate of drug-likeness (QED) is 0.0701. The zero-order chi connectivity index (χ0) is 39.3. The van der Waals surface area contributed by atoms with E-state index in [9.17, 15) is 14.8 Å². The van der Waals surface area contributed by atoms with Crippen molar-refractivity contribution in [2.24, 2.45) is 5.92 Å². The van der Waals surface area contributed by atoms with Crippen LogP contribution in [-0.4, -0.2) is 56.9 Å². The lowest BCUT2D eigenvalue weighted by atomic mass is 9.86. The highest BCUT2D eigenvalue weighted by atomic mass is 35.5. The van der Waals surface area contributed by atoms with Gasteiger partial charge in [0.15, 0.2) is 23.9 Å². The Morgan fingerprint density at radius 3 is 2.27 bits per heavy atom. The number of piperidine rings is 3. The van der Waals surface area contributed by atoms with Gasteiger partial charge < -0.3 is 24.2 Å². The van der Waals surface area contributed by atoms with Crippen LogP contribution in [0.2, 0.25) is 10.0 Å². The van der Waals surface area contributed by atoms with Crippen LogP contribution in [0.5, 0.6) is 11.5 Å². The Bertz CT molecular complexity index is 2190. The number of nitrogens with zero attached hydrogens (tertiary/aromatic N) is 3. The number of rotatable bonds is 12. The number of hydrogen-bond acceptors (Lipinski definition) is 8. The molecule has 8 rings (SSSR count). The third-order valence-electron chi connectivity index (χ3n) is 10.4. The van der Waals surface area contributed by atoms with Crippen LogP contribution in [0.15, 0.2) is 103 Å². The monoisotopic (exact) mass is 799 g/mol. The molecule has 0 spiro atoms. The molecule has 0 saturated carbocycles. The molecule has 0 aliphatic carbocycles.